The van der Waals surface area contributed by atoms with Crippen molar-refractivity contribution in [3.05, 3.63) is 16.3 Å². The number of H-pyrrole nitrogens is 2. The van der Waals surface area contributed by atoms with E-state index in [1.807, 2.05) is 0 Å². The third kappa shape index (κ3) is 5.39. The second-order valence-electron chi connectivity index (χ2n) is 6.92. The minimum atomic E-state index is -0.561. The van der Waals surface area contributed by atoms with Gasteiger partial charge in [0, 0.05) is 32.0 Å². The lowest BCUT2D eigenvalue weighted by Gasteiger charge is -2.31. The molecular weight excluding hydrogens is 314 g/mol. The van der Waals surface area contributed by atoms with E-state index in [4.69, 9.17) is 4.74 Å². The van der Waals surface area contributed by atoms with Crippen molar-refractivity contribution in [3.8, 4) is 0 Å². The highest BCUT2D eigenvalue weighted by atomic mass is 16.6. The molecule has 1 aromatic heterocycles. The van der Waals surface area contributed by atoms with Crippen LogP contribution in [0.4, 0.5) is 4.79 Å². The molecule has 24 heavy (non-hydrogen) atoms. The summed E-state index contributed by atoms with van der Waals surface area (Å²) < 4.78 is 5.12. The van der Waals surface area contributed by atoms with Crippen molar-refractivity contribution in [2.45, 2.75) is 51.6 Å². The first kappa shape index (κ1) is 18.0. The number of rotatable bonds is 4. The lowest BCUT2D eigenvalue weighted by atomic mass is 9.97. The van der Waals surface area contributed by atoms with Crippen LogP contribution in [0.1, 0.15) is 51.8 Å². The smallest absolute Gasteiger partial charge is 0.407 e. The van der Waals surface area contributed by atoms with Gasteiger partial charge in [-0.25, -0.2) is 14.7 Å². The summed E-state index contributed by atoms with van der Waals surface area (Å²) in [4.78, 5) is 39.4. The van der Waals surface area contributed by atoms with E-state index in [-0.39, 0.29) is 30.5 Å². The maximum atomic E-state index is 12.3. The van der Waals surface area contributed by atoms with Crippen LogP contribution in [0.25, 0.3) is 0 Å². The number of piperidine rings is 1. The quantitative estimate of drug-likeness (QED) is 0.746. The molecule has 1 fully saturated rings. The molecule has 2 amide bonds. The number of hydrogen-bond acceptors (Lipinski definition) is 5. The van der Waals surface area contributed by atoms with Gasteiger partial charge in [0.2, 0.25) is 5.91 Å². The number of alkyl carbamates (subject to hydrolysis) is 1. The number of ether oxygens (including phenoxy) is 1. The van der Waals surface area contributed by atoms with Crippen LogP contribution in [0.3, 0.4) is 0 Å². The molecule has 9 heteroatoms. The molecule has 0 saturated carbocycles. The summed E-state index contributed by atoms with van der Waals surface area (Å²) in [5, 5.41) is 8.88. The summed E-state index contributed by atoms with van der Waals surface area (Å²) in [5.74, 6) is 0.582. The Morgan fingerprint density at radius 3 is 2.79 bits per heavy atom. The second-order valence-corrected chi connectivity index (χ2v) is 6.92. The summed E-state index contributed by atoms with van der Waals surface area (Å²) in [7, 11) is 0. The molecular formula is C15H25N5O4. The number of carbonyl (C=O) groups excluding carboxylic acids is 2. The molecule has 134 valence electrons. The number of hydrogen-bond donors (Lipinski definition) is 3. The lowest BCUT2D eigenvalue weighted by Crippen LogP contribution is -2.41. The minimum Gasteiger partial charge on any atom is -0.444 e. The van der Waals surface area contributed by atoms with Crippen molar-refractivity contribution < 1.29 is 14.3 Å². The molecule has 1 atom stereocenters. The third-order valence-corrected chi connectivity index (χ3v) is 3.69. The Hall–Kier alpha value is -2.32. The van der Waals surface area contributed by atoms with Crippen LogP contribution < -0.4 is 11.0 Å². The molecule has 0 unspecified atom stereocenters. The highest BCUT2D eigenvalue weighted by Crippen LogP contribution is 2.23. The standard InChI is InChI=1S/C15H25N5O4/c1-15(2,3)24-14(23)16-7-6-11(21)20-8-4-5-10(9-20)12-17-13(22)19-18-12/h10H,4-9H2,1-3H3,(H,16,23)(H2,17,18,19,22)/t10-/m1/s1. The highest BCUT2D eigenvalue weighted by molar-refractivity contribution is 5.77. The van der Waals surface area contributed by atoms with Gasteiger partial charge < -0.3 is 15.0 Å². The van der Waals surface area contributed by atoms with Gasteiger partial charge in [-0.05, 0) is 33.6 Å². The molecule has 1 aliphatic rings. The van der Waals surface area contributed by atoms with Gasteiger partial charge in [-0.2, -0.15) is 5.10 Å². The molecule has 2 heterocycles. The van der Waals surface area contributed by atoms with Crippen LogP contribution in [0.2, 0.25) is 0 Å². The van der Waals surface area contributed by atoms with Gasteiger partial charge in [-0.1, -0.05) is 0 Å². The van der Waals surface area contributed by atoms with Crippen LogP contribution in [0.15, 0.2) is 4.79 Å². The molecule has 2 rings (SSSR count). The summed E-state index contributed by atoms with van der Waals surface area (Å²) in [6.45, 7) is 6.78. The number of nitrogens with zero attached hydrogens (tertiary/aromatic N) is 2. The molecule has 0 radical (unpaired) electrons. The number of carbonyl (C=O) groups is 2. The fourth-order valence-electron chi connectivity index (χ4n) is 2.65. The van der Waals surface area contributed by atoms with Gasteiger partial charge in [0.05, 0.1) is 0 Å². The first-order chi connectivity index (χ1) is 11.2. The fourth-order valence-corrected chi connectivity index (χ4v) is 2.65. The van der Waals surface area contributed by atoms with Crippen molar-refractivity contribution in [2.75, 3.05) is 19.6 Å². The van der Waals surface area contributed by atoms with Crippen molar-refractivity contribution >= 4 is 12.0 Å². The van der Waals surface area contributed by atoms with E-state index in [9.17, 15) is 14.4 Å². The molecule has 0 bridgehead atoms. The Labute approximate surface area is 140 Å². The minimum absolute atomic E-state index is 0.0282. The molecule has 3 N–H and O–H groups in total. The van der Waals surface area contributed by atoms with Gasteiger partial charge in [-0.3, -0.25) is 9.78 Å². The molecule has 1 saturated heterocycles. The van der Waals surface area contributed by atoms with Crippen molar-refractivity contribution in [1.29, 1.82) is 0 Å². The van der Waals surface area contributed by atoms with E-state index in [1.54, 1.807) is 25.7 Å². The first-order valence-electron chi connectivity index (χ1n) is 8.14. The van der Waals surface area contributed by atoms with E-state index in [0.29, 0.717) is 18.9 Å². The molecule has 1 aliphatic heterocycles. The number of nitrogens with one attached hydrogen (secondary N) is 3. The molecule has 0 spiro atoms. The zero-order valence-electron chi connectivity index (χ0n) is 14.3. The topological polar surface area (TPSA) is 120 Å². The Bertz CT molecular complexity index is 630. The van der Waals surface area contributed by atoms with Gasteiger partial charge in [0.1, 0.15) is 11.4 Å². The fraction of sp³-hybridized carbons (Fsp3) is 0.733. The van der Waals surface area contributed by atoms with Crippen molar-refractivity contribution in [2.24, 2.45) is 0 Å². The maximum absolute atomic E-state index is 12.3. The van der Waals surface area contributed by atoms with Gasteiger partial charge >= 0.3 is 11.8 Å². The van der Waals surface area contributed by atoms with Crippen molar-refractivity contribution in [3.63, 3.8) is 0 Å². The lowest BCUT2D eigenvalue weighted by molar-refractivity contribution is -0.132. The van der Waals surface area contributed by atoms with E-state index < -0.39 is 11.7 Å². The summed E-state index contributed by atoms with van der Waals surface area (Å²) in [6, 6.07) is 0. The number of aromatic amines is 2. The number of amides is 2. The van der Waals surface area contributed by atoms with Gasteiger partial charge in [-0.15, -0.1) is 0 Å². The molecule has 0 aromatic carbocycles. The Morgan fingerprint density at radius 1 is 1.42 bits per heavy atom. The number of aromatic nitrogens is 3. The average molecular weight is 339 g/mol. The third-order valence-electron chi connectivity index (χ3n) is 3.69. The van der Waals surface area contributed by atoms with Crippen LogP contribution >= 0.6 is 0 Å². The summed E-state index contributed by atoms with van der Waals surface area (Å²) in [6.07, 6.45) is 1.41. The summed E-state index contributed by atoms with van der Waals surface area (Å²) in [5.41, 5.74) is -0.899. The zero-order chi connectivity index (χ0) is 17.7. The molecule has 9 nitrogen and oxygen atoms in total. The van der Waals surface area contributed by atoms with Crippen LogP contribution in [0.5, 0.6) is 0 Å². The average Bonchev–Trinajstić information content (AvgIpc) is 2.92. The second kappa shape index (κ2) is 7.50. The van der Waals surface area contributed by atoms with Crippen LogP contribution in [-0.4, -0.2) is 57.3 Å². The zero-order valence-corrected chi connectivity index (χ0v) is 14.3. The Balaban J connectivity index is 1.78. The van der Waals surface area contributed by atoms with E-state index in [0.717, 1.165) is 12.8 Å². The van der Waals surface area contributed by atoms with E-state index in [1.165, 1.54) is 0 Å². The largest absolute Gasteiger partial charge is 0.444 e. The molecule has 1 aromatic rings. The predicted molar refractivity (Wildman–Crippen MR) is 86.6 cm³/mol. The van der Waals surface area contributed by atoms with Gasteiger partial charge in [0.15, 0.2) is 0 Å². The van der Waals surface area contributed by atoms with Crippen LogP contribution in [-0.2, 0) is 9.53 Å². The van der Waals surface area contributed by atoms with Crippen molar-refractivity contribution in [1.82, 2.24) is 25.4 Å². The summed E-state index contributed by atoms with van der Waals surface area (Å²) >= 11 is 0. The Morgan fingerprint density at radius 2 is 2.17 bits per heavy atom. The normalized spacial score (nSPS) is 18.3. The predicted octanol–water partition coefficient (Wildman–Crippen LogP) is 0.719. The van der Waals surface area contributed by atoms with E-state index >= 15 is 0 Å². The highest BCUT2D eigenvalue weighted by Gasteiger charge is 2.26. The Kier molecular flexibility index (Phi) is 5.63. The number of likely N-dealkylation sites (tertiary alicyclic amines) is 1. The van der Waals surface area contributed by atoms with Gasteiger partial charge in [0.25, 0.3) is 0 Å². The molecule has 0 aliphatic carbocycles. The van der Waals surface area contributed by atoms with Crippen LogP contribution in [0, 0.1) is 0 Å². The van der Waals surface area contributed by atoms with E-state index in [2.05, 4.69) is 20.5 Å². The first-order valence-corrected chi connectivity index (χ1v) is 8.14. The maximum Gasteiger partial charge on any atom is 0.407 e. The monoisotopic (exact) mass is 339 g/mol. The SMILES string of the molecule is CC(C)(C)OC(=O)NCCC(=O)N1CCC[C@@H](c2n[nH]c(=O)[nH]2)C1.